The lowest BCUT2D eigenvalue weighted by atomic mass is 9.95. The number of aryl methyl sites for hydroxylation is 2. The van der Waals surface area contributed by atoms with Gasteiger partial charge in [-0.1, -0.05) is 38.5 Å². The molecule has 3 aromatic carbocycles. The molecule has 11 heteroatoms. The molecule has 0 fully saturated rings. The van der Waals surface area contributed by atoms with Crippen molar-refractivity contribution in [3.05, 3.63) is 75.7 Å². The van der Waals surface area contributed by atoms with Gasteiger partial charge in [-0.3, -0.25) is 14.4 Å². The van der Waals surface area contributed by atoms with Gasteiger partial charge in [0.15, 0.2) is 11.5 Å². The van der Waals surface area contributed by atoms with E-state index < -0.39 is 12.1 Å². The quantitative estimate of drug-likeness (QED) is 0.196. The van der Waals surface area contributed by atoms with Gasteiger partial charge in [-0.2, -0.15) is 0 Å². The number of methoxy groups -OCH3 is 3. The van der Waals surface area contributed by atoms with Gasteiger partial charge in [0.25, 0.3) is 0 Å². The Hall–Kier alpha value is -5.06. The monoisotopic (exact) mass is 655 g/mol. The molecule has 0 spiro atoms. The number of nitrogens with zero attached hydrogens (tertiary/aromatic N) is 2. The van der Waals surface area contributed by atoms with Crippen LogP contribution in [0.1, 0.15) is 56.6 Å². The highest BCUT2D eigenvalue weighted by molar-refractivity contribution is 5.86. The van der Waals surface area contributed by atoms with Crippen molar-refractivity contribution in [3.63, 3.8) is 0 Å². The van der Waals surface area contributed by atoms with Crippen molar-refractivity contribution in [3.8, 4) is 28.4 Å². The van der Waals surface area contributed by atoms with Crippen molar-refractivity contribution in [1.82, 2.24) is 20.2 Å². The molecule has 2 amide bonds. The number of benzene rings is 2. The van der Waals surface area contributed by atoms with Crippen molar-refractivity contribution in [1.29, 1.82) is 0 Å². The molecule has 1 aliphatic carbocycles. The van der Waals surface area contributed by atoms with Crippen LogP contribution in [0.25, 0.3) is 22.2 Å². The van der Waals surface area contributed by atoms with E-state index in [2.05, 4.69) is 16.0 Å². The Morgan fingerprint density at radius 3 is 2.46 bits per heavy atom. The van der Waals surface area contributed by atoms with Crippen LogP contribution in [0.5, 0.6) is 17.2 Å². The van der Waals surface area contributed by atoms with Crippen molar-refractivity contribution in [2.75, 3.05) is 33.2 Å². The first-order chi connectivity index (χ1) is 23.1. The highest BCUT2D eigenvalue weighted by Crippen LogP contribution is 2.50. The van der Waals surface area contributed by atoms with E-state index in [4.69, 9.17) is 19.2 Å². The van der Waals surface area contributed by atoms with Crippen LogP contribution in [0.4, 0.5) is 5.69 Å². The molecule has 0 aliphatic heterocycles. The maximum Gasteiger partial charge on any atom is 0.242 e. The molecule has 1 heterocycles. The average Bonchev–Trinajstić information content (AvgIpc) is 3.21. The first-order valence-electron chi connectivity index (χ1n) is 16.3. The first-order valence-corrected chi connectivity index (χ1v) is 16.3. The molecular formula is C37H45N5O6. The highest BCUT2D eigenvalue weighted by Gasteiger charge is 2.30. The Morgan fingerprint density at radius 1 is 1.04 bits per heavy atom. The zero-order valence-corrected chi connectivity index (χ0v) is 28.7. The predicted molar refractivity (Wildman–Crippen MR) is 187 cm³/mol. The molecule has 1 aromatic heterocycles. The molecule has 254 valence electrons. The number of ether oxygens (including phenoxy) is 3. The normalized spacial score (nSPS) is 14.9. The number of amides is 2. The summed E-state index contributed by atoms with van der Waals surface area (Å²) >= 11 is 0. The number of rotatable bonds is 12. The number of aromatic nitrogens is 2. The van der Waals surface area contributed by atoms with Crippen molar-refractivity contribution < 1.29 is 23.8 Å². The second-order valence-corrected chi connectivity index (χ2v) is 12.2. The molecule has 0 bridgehead atoms. The number of hydrogen-bond acceptors (Lipinski definition) is 8. The minimum atomic E-state index is -0.664. The Bertz CT molecular complexity index is 1890. The van der Waals surface area contributed by atoms with Gasteiger partial charge in [0.1, 0.15) is 11.9 Å². The topological polar surface area (TPSA) is 133 Å². The fraction of sp³-hybridized carbons (Fsp3) is 0.405. The van der Waals surface area contributed by atoms with Crippen LogP contribution in [0, 0.1) is 5.92 Å². The molecule has 0 radical (unpaired) electrons. The number of nitrogens with one attached hydrogen (secondary N) is 3. The molecule has 0 unspecified atom stereocenters. The third kappa shape index (κ3) is 6.81. The standard InChI is InChI=1S/C37H45N5O6/c1-8-21(2)34(37(45)38-18-17-32-40-27-11-9-10-12-29(27)42(32)4)41-28-16-14-24-25(20-30(28)44)26(39-22(3)43)15-13-23-19-31(46-5)35(47-6)36(48-7)33(23)24/h9-12,14,16,19-21,26,34H,8,13,15,17-18H2,1-7H3,(H,38,45)(H,39,43)(H,41,44)/t21-,26-,34-/m0/s1. The van der Waals surface area contributed by atoms with E-state index in [1.807, 2.05) is 61.9 Å². The molecule has 5 rings (SSSR count). The lowest BCUT2D eigenvalue weighted by Gasteiger charge is -2.24. The Kier molecular flexibility index (Phi) is 10.6. The van der Waals surface area contributed by atoms with E-state index in [1.165, 1.54) is 6.92 Å². The third-order valence-corrected chi connectivity index (χ3v) is 9.25. The van der Waals surface area contributed by atoms with Gasteiger partial charge in [-0.25, -0.2) is 4.98 Å². The van der Waals surface area contributed by atoms with E-state index in [0.29, 0.717) is 48.6 Å². The van der Waals surface area contributed by atoms with Crippen LogP contribution in [0.3, 0.4) is 0 Å². The third-order valence-electron chi connectivity index (χ3n) is 9.25. The van der Waals surface area contributed by atoms with E-state index in [0.717, 1.165) is 40.0 Å². The summed E-state index contributed by atoms with van der Waals surface area (Å²) < 4.78 is 19.2. The Labute approximate surface area is 281 Å². The van der Waals surface area contributed by atoms with E-state index in [1.54, 1.807) is 33.5 Å². The number of imidazole rings is 1. The first kappa shape index (κ1) is 34.3. The number of para-hydroxylation sites is 2. The molecule has 4 aromatic rings. The van der Waals surface area contributed by atoms with Crippen molar-refractivity contribution in [2.45, 2.75) is 58.5 Å². The molecule has 48 heavy (non-hydrogen) atoms. The van der Waals surface area contributed by atoms with Gasteiger partial charge in [0, 0.05) is 32.5 Å². The molecule has 0 saturated carbocycles. The number of anilines is 1. The van der Waals surface area contributed by atoms with Gasteiger partial charge in [0.05, 0.1) is 44.1 Å². The van der Waals surface area contributed by atoms with Gasteiger partial charge in [-0.15, -0.1) is 0 Å². The smallest absolute Gasteiger partial charge is 0.242 e. The summed E-state index contributed by atoms with van der Waals surface area (Å²) in [4.78, 5) is 44.6. The summed E-state index contributed by atoms with van der Waals surface area (Å²) in [7, 11) is 6.65. The second kappa shape index (κ2) is 14.8. The second-order valence-electron chi connectivity index (χ2n) is 12.2. The Balaban J connectivity index is 1.50. The molecule has 3 atom stereocenters. The minimum absolute atomic E-state index is 0.0758. The van der Waals surface area contributed by atoms with Crippen LogP contribution in [-0.4, -0.2) is 55.3 Å². The lowest BCUT2D eigenvalue weighted by molar-refractivity contribution is -0.123. The predicted octanol–water partition coefficient (Wildman–Crippen LogP) is 4.94. The number of carbonyl (C=O) groups excluding carboxylic acids is 2. The minimum Gasteiger partial charge on any atom is -0.493 e. The van der Waals surface area contributed by atoms with Gasteiger partial charge < -0.3 is 34.7 Å². The van der Waals surface area contributed by atoms with Crippen LogP contribution in [-0.2, 0) is 29.5 Å². The number of fused-ring (bicyclic) bond motifs is 4. The fourth-order valence-corrected chi connectivity index (χ4v) is 6.52. The average molecular weight is 656 g/mol. The lowest BCUT2D eigenvalue weighted by Crippen LogP contribution is -2.45. The highest BCUT2D eigenvalue weighted by atomic mass is 16.5. The zero-order chi connectivity index (χ0) is 34.5. The van der Waals surface area contributed by atoms with Crippen LogP contribution < -0.4 is 35.6 Å². The summed E-state index contributed by atoms with van der Waals surface area (Å²) in [6.45, 7) is 5.86. The fourth-order valence-electron chi connectivity index (χ4n) is 6.52. The van der Waals surface area contributed by atoms with E-state index >= 15 is 0 Å². The zero-order valence-electron chi connectivity index (χ0n) is 28.7. The van der Waals surface area contributed by atoms with E-state index in [-0.39, 0.29) is 28.8 Å². The van der Waals surface area contributed by atoms with Crippen LogP contribution in [0.15, 0.2) is 53.3 Å². The SMILES string of the molecule is CC[C@H](C)[C@H](Nc1ccc2c(cc1=O)[C@@H](NC(C)=O)CCc1cc(OC)c(OC)c(OC)c1-2)C(=O)NCCc1nc2ccccc2n1C. The number of carbonyl (C=O) groups is 2. The maximum atomic E-state index is 13.9. The van der Waals surface area contributed by atoms with Crippen molar-refractivity contribution >= 4 is 28.5 Å². The molecule has 1 aliphatic rings. The molecule has 3 N–H and O–H groups in total. The summed E-state index contributed by atoms with van der Waals surface area (Å²) in [5, 5.41) is 9.37. The van der Waals surface area contributed by atoms with E-state index in [9.17, 15) is 14.4 Å². The van der Waals surface area contributed by atoms with Gasteiger partial charge >= 0.3 is 0 Å². The van der Waals surface area contributed by atoms with Crippen molar-refractivity contribution in [2.24, 2.45) is 13.0 Å². The van der Waals surface area contributed by atoms with Gasteiger partial charge in [0.2, 0.25) is 23.0 Å². The number of hydrogen-bond donors (Lipinski definition) is 3. The molecular weight excluding hydrogens is 610 g/mol. The van der Waals surface area contributed by atoms with Crippen LogP contribution in [0.2, 0.25) is 0 Å². The Morgan fingerprint density at radius 2 is 1.79 bits per heavy atom. The largest absolute Gasteiger partial charge is 0.493 e. The van der Waals surface area contributed by atoms with Crippen LogP contribution >= 0.6 is 0 Å². The maximum absolute atomic E-state index is 13.9. The summed E-state index contributed by atoms with van der Waals surface area (Å²) in [5.41, 5.74) is 5.00. The molecule has 11 nitrogen and oxygen atoms in total. The summed E-state index contributed by atoms with van der Waals surface area (Å²) in [5.74, 6) is 1.83. The molecule has 0 saturated heterocycles. The summed E-state index contributed by atoms with van der Waals surface area (Å²) in [6, 6.07) is 13.9. The summed E-state index contributed by atoms with van der Waals surface area (Å²) in [6.07, 6.45) is 2.42. The van der Waals surface area contributed by atoms with Gasteiger partial charge in [-0.05, 0) is 65.8 Å².